The molecule has 0 aliphatic carbocycles. The van der Waals surface area contributed by atoms with Gasteiger partial charge in [-0.05, 0) is 68.5 Å². The number of halogens is 3. The number of carbonyl (C=O) groups is 2. The van der Waals surface area contributed by atoms with Crippen molar-refractivity contribution in [3.05, 3.63) is 95.3 Å². The Morgan fingerprint density at radius 2 is 1.54 bits per heavy atom. The zero-order valence-corrected chi connectivity index (χ0v) is 22.3. The minimum absolute atomic E-state index is 0.131. The van der Waals surface area contributed by atoms with E-state index in [0.717, 1.165) is 30.5 Å². The highest BCUT2D eigenvalue weighted by molar-refractivity contribution is 5.92. The number of amides is 2. The molecule has 0 radical (unpaired) electrons. The van der Waals surface area contributed by atoms with Gasteiger partial charge in [-0.25, -0.2) is 13.2 Å². The average Bonchev–Trinajstić information content (AvgIpc) is 2.93. The summed E-state index contributed by atoms with van der Waals surface area (Å²) in [5.41, 5.74) is 1.30. The highest BCUT2D eigenvalue weighted by Crippen LogP contribution is 2.36. The molecule has 0 spiro atoms. The second-order valence-corrected chi connectivity index (χ2v) is 9.81. The van der Waals surface area contributed by atoms with E-state index >= 15 is 4.39 Å². The molecule has 1 N–H and O–H groups in total. The average molecular weight is 538 g/mol. The van der Waals surface area contributed by atoms with Crippen LogP contribution in [0.5, 0.6) is 0 Å². The molecule has 1 heterocycles. The Bertz CT molecular complexity index is 1270. The number of piperidine rings is 1. The van der Waals surface area contributed by atoms with Crippen molar-refractivity contribution in [1.82, 2.24) is 4.90 Å². The Balaban J connectivity index is 1.42. The van der Waals surface area contributed by atoms with Gasteiger partial charge in [0.15, 0.2) is 0 Å². The number of nitrogens with one attached hydrogen (secondary N) is 1. The quantitative estimate of drug-likeness (QED) is 0.356. The van der Waals surface area contributed by atoms with Crippen LogP contribution in [0.1, 0.15) is 43.7 Å². The zero-order valence-electron chi connectivity index (χ0n) is 22.3. The predicted molar refractivity (Wildman–Crippen MR) is 147 cm³/mol. The lowest BCUT2D eigenvalue weighted by Gasteiger charge is -2.38. The summed E-state index contributed by atoms with van der Waals surface area (Å²) in [5.74, 6) is -2.72. The van der Waals surface area contributed by atoms with Crippen molar-refractivity contribution in [2.24, 2.45) is 5.92 Å². The molecular weight excluding hydrogens is 503 g/mol. The number of carbonyl (C=O) groups excluding carboxylic acids is 2. The van der Waals surface area contributed by atoms with Crippen LogP contribution in [0.3, 0.4) is 0 Å². The van der Waals surface area contributed by atoms with E-state index in [0.29, 0.717) is 31.9 Å². The van der Waals surface area contributed by atoms with E-state index in [1.165, 1.54) is 12.1 Å². The van der Waals surface area contributed by atoms with Gasteiger partial charge < -0.3 is 15.1 Å². The van der Waals surface area contributed by atoms with E-state index in [1.54, 1.807) is 12.1 Å². The summed E-state index contributed by atoms with van der Waals surface area (Å²) in [6.45, 7) is 6.46. The SMILES string of the molecule is CCN(CC)C(=O)C(c1ccccc1)C1CCN(c2ccc(NC(=O)Cc3c(F)cccc3F)cc2F)CC1. The number of benzene rings is 3. The maximum Gasteiger partial charge on any atom is 0.230 e. The van der Waals surface area contributed by atoms with Gasteiger partial charge in [-0.15, -0.1) is 0 Å². The standard InChI is InChI=1S/C31H34F3N3O2/c1-3-36(4-2)31(39)30(21-9-6-5-7-10-21)22-15-17-37(18-16-22)28-14-13-23(19-27(28)34)35-29(38)20-24-25(32)11-8-12-26(24)33/h5-14,19,22,30H,3-4,15-18,20H2,1-2H3,(H,35,38). The number of likely N-dealkylation sites (N-methyl/N-ethyl adjacent to an activating group) is 1. The lowest BCUT2D eigenvalue weighted by atomic mass is 9.79. The van der Waals surface area contributed by atoms with Gasteiger partial charge in [0.05, 0.1) is 18.0 Å². The predicted octanol–water partition coefficient (Wildman–Crippen LogP) is 6.15. The number of rotatable bonds is 9. The van der Waals surface area contributed by atoms with Gasteiger partial charge in [-0.3, -0.25) is 9.59 Å². The monoisotopic (exact) mass is 537 g/mol. The first-order chi connectivity index (χ1) is 18.8. The molecule has 206 valence electrons. The van der Waals surface area contributed by atoms with Crippen molar-refractivity contribution in [1.29, 1.82) is 0 Å². The van der Waals surface area contributed by atoms with Gasteiger partial charge >= 0.3 is 0 Å². The molecule has 2 amide bonds. The smallest absolute Gasteiger partial charge is 0.230 e. The molecule has 4 rings (SSSR count). The van der Waals surface area contributed by atoms with Gasteiger partial charge in [0.25, 0.3) is 0 Å². The molecule has 1 fully saturated rings. The van der Waals surface area contributed by atoms with Crippen LogP contribution in [0.25, 0.3) is 0 Å². The maximum atomic E-state index is 15.1. The third-order valence-corrected chi connectivity index (χ3v) is 7.48. The summed E-state index contributed by atoms with van der Waals surface area (Å²) in [6, 6.07) is 17.7. The number of hydrogen-bond acceptors (Lipinski definition) is 3. The Morgan fingerprint density at radius 3 is 2.13 bits per heavy atom. The Hall–Kier alpha value is -3.81. The molecular formula is C31H34F3N3O2. The molecule has 0 aromatic heterocycles. The van der Waals surface area contributed by atoms with E-state index in [1.807, 2.05) is 54.0 Å². The minimum atomic E-state index is -0.802. The lowest BCUT2D eigenvalue weighted by Crippen LogP contribution is -2.42. The van der Waals surface area contributed by atoms with E-state index in [-0.39, 0.29) is 29.0 Å². The van der Waals surface area contributed by atoms with Crippen LogP contribution in [0, 0.1) is 23.4 Å². The minimum Gasteiger partial charge on any atom is -0.369 e. The molecule has 1 aliphatic rings. The summed E-state index contributed by atoms with van der Waals surface area (Å²) >= 11 is 0. The zero-order chi connectivity index (χ0) is 27.9. The normalized spacial score (nSPS) is 14.6. The first-order valence-electron chi connectivity index (χ1n) is 13.4. The highest BCUT2D eigenvalue weighted by atomic mass is 19.1. The van der Waals surface area contributed by atoms with Gasteiger partial charge in [0, 0.05) is 37.4 Å². The molecule has 0 saturated carbocycles. The van der Waals surface area contributed by atoms with E-state index in [9.17, 15) is 18.4 Å². The van der Waals surface area contributed by atoms with Crippen LogP contribution in [-0.4, -0.2) is 42.9 Å². The van der Waals surface area contributed by atoms with Gasteiger partial charge in [-0.2, -0.15) is 0 Å². The van der Waals surface area contributed by atoms with Crippen molar-refractivity contribution in [3.63, 3.8) is 0 Å². The summed E-state index contributed by atoms with van der Waals surface area (Å²) in [5, 5.41) is 2.52. The molecule has 1 atom stereocenters. The molecule has 3 aromatic rings. The van der Waals surface area contributed by atoms with Crippen LogP contribution < -0.4 is 10.2 Å². The van der Waals surface area contributed by atoms with Crippen LogP contribution in [0.15, 0.2) is 66.7 Å². The molecule has 39 heavy (non-hydrogen) atoms. The molecule has 1 aliphatic heterocycles. The summed E-state index contributed by atoms with van der Waals surface area (Å²) in [6.07, 6.45) is 0.974. The number of anilines is 2. The van der Waals surface area contributed by atoms with Crippen molar-refractivity contribution in [2.75, 3.05) is 36.4 Å². The fourth-order valence-corrected chi connectivity index (χ4v) is 5.39. The number of hydrogen-bond donors (Lipinski definition) is 1. The largest absolute Gasteiger partial charge is 0.369 e. The topological polar surface area (TPSA) is 52.7 Å². The van der Waals surface area contributed by atoms with Crippen molar-refractivity contribution in [2.45, 2.75) is 39.0 Å². The Morgan fingerprint density at radius 1 is 0.897 bits per heavy atom. The van der Waals surface area contributed by atoms with Gasteiger partial charge in [0.1, 0.15) is 17.5 Å². The summed E-state index contributed by atoms with van der Waals surface area (Å²) in [7, 11) is 0. The fraction of sp³-hybridized carbons (Fsp3) is 0.355. The molecule has 8 heteroatoms. The third-order valence-electron chi connectivity index (χ3n) is 7.48. The maximum absolute atomic E-state index is 15.1. The second-order valence-electron chi connectivity index (χ2n) is 9.81. The van der Waals surface area contributed by atoms with Gasteiger partial charge in [0.2, 0.25) is 11.8 Å². The Kier molecular flexibility index (Phi) is 9.28. The van der Waals surface area contributed by atoms with Crippen LogP contribution in [-0.2, 0) is 16.0 Å². The first-order valence-corrected chi connectivity index (χ1v) is 13.4. The molecule has 0 bridgehead atoms. The summed E-state index contributed by atoms with van der Waals surface area (Å²) in [4.78, 5) is 29.6. The second kappa shape index (κ2) is 12.8. The molecule has 1 unspecified atom stereocenters. The third kappa shape index (κ3) is 6.61. The van der Waals surface area contributed by atoms with Crippen LogP contribution >= 0.6 is 0 Å². The van der Waals surface area contributed by atoms with E-state index < -0.39 is 29.8 Å². The van der Waals surface area contributed by atoms with E-state index in [2.05, 4.69) is 5.32 Å². The lowest BCUT2D eigenvalue weighted by molar-refractivity contribution is -0.134. The fourth-order valence-electron chi connectivity index (χ4n) is 5.39. The molecule has 1 saturated heterocycles. The van der Waals surface area contributed by atoms with Crippen molar-refractivity contribution < 1.29 is 22.8 Å². The van der Waals surface area contributed by atoms with Gasteiger partial charge in [-0.1, -0.05) is 36.4 Å². The molecule has 3 aromatic carbocycles. The molecule has 5 nitrogen and oxygen atoms in total. The van der Waals surface area contributed by atoms with Crippen molar-refractivity contribution in [3.8, 4) is 0 Å². The number of nitrogens with zero attached hydrogens (tertiary/aromatic N) is 2. The highest BCUT2D eigenvalue weighted by Gasteiger charge is 2.35. The first kappa shape index (κ1) is 28.2. The van der Waals surface area contributed by atoms with E-state index in [4.69, 9.17) is 0 Å². The van der Waals surface area contributed by atoms with Crippen LogP contribution in [0.4, 0.5) is 24.5 Å². The Labute approximate surface area is 227 Å². The van der Waals surface area contributed by atoms with Crippen LogP contribution in [0.2, 0.25) is 0 Å². The van der Waals surface area contributed by atoms with Crippen molar-refractivity contribution >= 4 is 23.2 Å². The summed E-state index contributed by atoms with van der Waals surface area (Å²) < 4.78 is 42.8.